The molecule has 2 aromatic heterocycles. The molecular weight excluding hydrogens is 426 g/mol. The minimum atomic E-state index is -0.109. The Balaban J connectivity index is 1.34. The number of amides is 1. The van der Waals surface area contributed by atoms with Crippen LogP contribution in [0.2, 0.25) is 0 Å². The highest BCUT2D eigenvalue weighted by Gasteiger charge is 2.59. The van der Waals surface area contributed by atoms with Gasteiger partial charge in [0.2, 0.25) is 5.95 Å². The van der Waals surface area contributed by atoms with Crippen molar-refractivity contribution in [2.45, 2.75) is 18.4 Å². The number of allylic oxidation sites excluding steroid dienone is 1. The molecular formula is C22H27N7O2S. The summed E-state index contributed by atoms with van der Waals surface area (Å²) in [6.45, 7) is 5.10. The average Bonchev–Trinajstić information content (AvgIpc) is 3.43. The lowest BCUT2D eigenvalue weighted by atomic mass is 10.2. The van der Waals surface area contributed by atoms with E-state index in [1.807, 2.05) is 12.1 Å². The first-order valence-corrected chi connectivity index (χ1v) is 11.7. The first kappa shape index (κ1) is 21.0. The van der Waals surface area contributed by atoms with Crippen molar-refractivity contribution in [3.8, 4) is 10.6 Å². The van der Waals surface area contributed by atoms with Crippen molar-refractivity contribution in [3.63, 3.8) is 0 Å². The highest BCUT2D eigenvalue weighted by Crippen LogP contribution is 2.59. The van der Waals surface area contributed by atoms with Gasteiger partial charge in [0, 0.05) is 50.5 Å². The summed E-state index contributed by atoms with van der Waals surface area (Å²) in [5.41, 5.74) is 1.51. The molecule has 0 radical (unpaired) electrons. The fourth-order valence-corrected chi connectivity index (χ4v) is 5.80. The molecule has 3 aliphatic rings. The van der Waals surface area contributed by atoms with Crippen molar-refractivity contribution in [2.75, 3.05) is 51.8 Å². The number of ether oxygens (including phenoxy) is 1. The smallest absolute Gasteiger partial charge is 0.255 e. The maximum absolute atomic E-state index is 13.3. The van der Waals surface area contributed by atoms with Crippen molar-refractivity contribution in [1.82, 2.24) is 25.1 Å². The predicted octanol–water partition coefficient (Wildman–Crippen LogP) is 2.10. The number of anilines is 1. The summed E-state index contributed by atoms with van der Waals surface area (Å²) in [7, 11) is 1.77. The zero-order chi connectivity index (χ0) is 22.1. The van der Waals surface area contributed by atoms with E-state index in [0.717, 1.165) is 68.4 Å². The minimum absolute atomic E-state index is 0.109. The number of nitrogens with zero attached hydrogens (tertiary/aromatic N) is 4. The van der Waals surface area contributed by atoms with E-state index in [1.54, 1.807) is 30.7 Å². The molecule has 4 heterocycles. The molecule has 0 unspecified atom stereocenters. The number of carbonyl (C=O) groups excluding carboxylic acids is 1. The average molecular weight is 454 g/mol. The summed E-state index contributed by atoms with van der Waals surface area (Å²) in [6, 6.07) is 3.86. The fraction of sp³-hybridized carbons (Fsp3) is 0.455. The van der Waals surface area contributed by atoms with Crippen LogP contribution in [0.3, 0.4) is 0 Å². The molecule has 0 atom stereocenters. The van der Waals surface area contributed by atoms with Gasteiger partial charge in [-0.3, -0.25) is 9.69 Å². The summed E-state index contributed by atoms with van der Waals surface area (Å²) in [4.78, 5) is 28.8. The van der Waals surface area contributed by atoms with Crippen LogP contribution in [0.15, 0.2) is 30.2 Å². The second kappa shape index (κ2) is 8.61. The molecule has 1 spiro atoms. The number of hydrogen-bond acceptors (Lipinski definition) is 9. The summed E-state index contributed by atoms with van der Waals surface area (Å²) in [5.74, 6) is 1.22. The summed E-state index contributed by atoms with van der Waals surface area (Å²) in [5, 5.41) is 13.3. The molecule has 168 valence electrons. The van der Waals surface area contributed by atoms with Crippen molar-refractivity contribution in [2.24, 2.45) is 0 Å². The number of nitrogens with one attached hydrogen (secondary N) is 3. The Labute approximate surface area is 191 Å². The Hall–Kier alpha value is -2.82. The maximum Gasteiger partial charge on any atom is 0.255 e. The van der Waals surface area contributed by atoms with Gasteiger partial charge in [0.05, 0.1) is 34.9 Å². The topological polar surface area (TPSA) is 106 Å². The number of carbonyl (C=O) groups is 1. The van der Waals surface area contributed by atoms with E-state index in [2.05, 4.69) is 30.4 Å². The van der Waals surface area contributed by atoms with Crippen LogP contribution in [0.25, 0.3) is 10.6 Å². The minimum Gasteiger partial charge on any atom is -0.379 e. The molecule has 0 aromatic carbocycles. The van der Waals surface area contributed by atoms with E-state index in [4.69, 9.17) is 10.1 Å². The van der Waals surface area contributed by atoms with Crippen LogP contribution in [0.5, 0.6) is 0 Å². The van der Waals surface area contributed by atoms with Crippen LogP contribution in [-0.2, 0) is 10.3 Å². The van der Waals surface area contributed by atoms with Crippen molar-refractivity contribution >= 4 is 29.4 Å². The van der Waals surface area contributed by atoms with E-state index in [-0.39, 0.29) is 11.4 Å². The van der Waals surface area contributed by atoms with Crippen molar-refractivity contribution in [1.29, 1.82) is 5.41 Å². The Kier molecular flexibility index (Phi) is 5.66. The van der Waals surface area contributed by atoms with E-state index in [1.165, 1.54) is 11.1 Å². The summed E-state index contributed by atoms with van der Waals surface area (Å²) in [6.07, 6.45) is 6.56. The number of morpholine rings is 1. The third-order valence-electron chi connectivity index (χ3n) is 6.29. The Bertz CT molecular complexity index is 1060. The van der Waals surface area contributed by atoms with Gasteiger partial charge in [-0.15, -0.1) is 11.3 Å². The first-order valence-electron chi connectivity index (χ1n) is 10.9. The Morgan fingerprint density at radius 3 is 2.88 bits per heavy atom. The van der Waals surface area contributed by atoms with E-state index in [0.29, 0.717) is 11.8 Å². The van der Waals surface area contributed by atoms with Crippen LogP contribution in [0, 0.1) is 5.41 Å². The lowest BCUT2D eigenvalue weighted by molar-refractivity contribution is 0.0298. The molecule has 2 aromatic rings. The predicted molar refractivity (Wildman–Crippen MR) is 124 cm³/mol. The van der Waals surface area contributed by atoms with Crippen LogP contribution in [0.1, 0.15) is 28.1 Å². The molecule has 2 fully saturated rings. The number of rotatable bonds is 8. The fourth-order valence-electron chi connectivity index (χ4n) is 4.43. The largest absolute Gasteiger partial charge is 0.379 e. The van der Waals surface area contributed by atoms with Gasteiger partial charge in [0.1, 0.15) is 5.82 Å². The standard InChI is InChI=1S/C22H27N7O2S/c1-24-18(2-6-23)27-21-25-7-3-16(26-21)17-14-15-19(32-17)22(4-5-22)29(20(15)30)9-8-28-10-12-31-13-11-28/h2-3,6-7,14,23-24H,4-5,8-13H2,1H3,(H,25,26,27)/b18-2+,23-6?. The molecule has 1 saturated carbocycles. The number of hydrogen-bond donors (Lipinski definition) is 3. The van der Waals surface area contributed by atoms with Crippen LogP contribution < -0.4 is 10.6 Å². The third-order valence-corrected chi connectivity index (χ3v) is 7.64. The number of fused-ring (bicyclic) bond motifs is 2. The quantitative estimate of drug-likeness (QED) is 0.526. The molecule has 0 bridgehead atoms. The van der Waals surface area contributed by atoms with Gasteiger partial charge in [-0.05, 0) is 31.1 Å². The normalized spacial score (nSPS) is 19.8. The molecule has 2 aliphatic heterocycles. The SMILES string of the molecule is CN/C(=C\C=N)Nc1nccc(-c2cc3c(s2)C2(CC2)N(CCN2CCOCC2)C3=O)n1. The second-order valence-corrected chi connectivity index (χ2v) is 9.24. The zero-order valence-electron chi connectivity index (χ0n) is 18.1. The van der Waals surface area contributed by atoms with Crippen LogP contribution in [0.4, 0.5) is 5.95 Å². The van der Waals surface area contributed by atoms with Crippen molar-refractivity contribution in [3.05, 3.63) is 40.7 Å². The van der Waals surface area contributed by atoms with Gasteiger partial charge in [-0.2, -0.15) is 0 Å². The molecule has 9 nitrogen and oxygen atoms in total. The maximum atomic E-state index is 13.3. The van der Waals surface area contributed by atoms with E-state index in [9.17, 15) is 4.79 Å². The number of aromatic nitrogens is 2. The monoisotopic (exact) mass is 453 g/mol. The molecule has 1 amide bonds. The molecule has 1 aliphatic carbocycles. The molecule has 1 saturated heterocycles. The summed E-state index contributed by atoms with van der Waals surface area (Å²) < 4.78 is 5.44. The molecule has 3 N–H and O–H groups in total. The van der Waals surface area contributed by atoms with Gasteiger partial charge in [-0.25, -0.2) is 9.97 Å². The first-order chi connectivity index (χ1) is 15.6. The zero-order valence-corrected chi connectivity index (χ0v) is 18.9. The van der Waals surface area contributed by atoms with Crippen molar-refractivity contribution < 1.29 is 9.53 Å². The van der Waals surface area contributed by atoms with E-state index >= 15 is 0 Å². The summed E-state index contributed by atoms with van der Waals surface area (Å²) >= 11 is 1.68. The second-order valence-electron chi connectivity index (χ2n) is 8.18. The Morgan fingerprint density at radius 2 is 2.16 bits per heavy atom. The third kappa shape index (κ3) is 3.78. The molecule has 5 rings (SSSR count). The highest BCUT2D eigenvalue weighted by atomic mass is 32.1. The van der Waals surface area contributed by atoms with Gasteiger partial charge in [-0.1, -0.05) is 0 Å². The van der Waals surface area contributed by atoms with Gasteiger partial charge in [0.25, 0.3) is 5.91 Å². The van der Waals surface area contributed by atoms with E-state index < -0.39 is 0 Å². The van der Waals surface area contributed by atoms with Gasteiger partial charge < -0.3 is 25.7 Å². The Morgan fingerprint density at radius 1 is 1.34 bits per heavy atom. The van der Waals surface area contributed by atoms with Gasteiger partial charge in [0.15, 0.2) is 0 Å². The molecule has 10 heteroatoms. The van der Waals surface area contributed by atoms with Gasteiger partial charge >= 0.3 is 0 Å². The lowest BCUT2D eigenvalue weighted by Gasteiger charge is -2.31. The highest BCUT2D eigenvalue weighted by molar-refractivity contribution is 7.16. The number of thiophene rings is 1. The molecule has 32 heavy (non-hydrogen) atoms. The van der Waals surface area contributed by atoms with Crippen LogP contribution >= 0.6 is 11.3 Å². The van der Waals surface area contributed by atoms with Crippen LogP contribution in [-0.4, -0.2) is 78.3 Å². The lowest BCUT2D eigenvalue weighted by Crippen LogP contribution is -2.44.